The van der Waals surface area contributed by atoms with Gasteiger partial charge in [-0.05, 0) is 53.8 Å². The van der Waals surface area contributed by atoms with Crippen LogP contribution in [0.5, 0.6) is 5.75 Å². The molecule has 1 unspecified atom stereocenters. The summed E-state index contributed by atoms with van der Waals surface area (Å²) in [6.07, 6.45) is 0.660. The number of nitrogens with zero attached hydrogens (tertiary/aromatic N) is 1. The average molecular weight is 463 g/mol. The van der Waals surface area contributed by atoms with E-state index < -0.39 is 18.2 Å². The van der Waals surface area contributed by atoms with Crippen LogP contribution in [-0.2, 0) is 21.4 Å². The number of amides is 1. The molecular weight excluding hydrogens is 435 g/mol. The normalized spacial score (nSPS) is 15.5. The van der Waals surface area contributed by atoms with E-state index in [4.69, 9.17) is 9.84 Å². The first kappa shape index (κ1) is 24.1. The van der Waals surface area contributed by atoms with Gasteiger partial charge in [-0.3, -0.25) is 9.59 Å². The van der Waals surface area contributed by atoms with E-state index in [1.807, 2.05) is 32.9 Å². The fourth-order valence-corrected chi connectivity index (χ4v) is 4.11. The summed E-state index contributed by atoms with van der Waals surface area (Å²) in [6.45, 7) is 5.17. The lowest BCUT2D eigenvalue weighted by molar-refractivity contribution is -0.137. The number of alkyl halides is 2. The van der Waals surface area contributed by atoms with Gasteiger partial charge in [0.15, 0.2) is 6.61 Å². The number of rotatable bonds is 7. The van der Waals surface area contributed by atoms with E-state index in [9.17, 15) is 18.4 Å². The van der Waals surface area contributed by atoms with Crippen LogP contribution in [0.1, 0.15) is 43.4 Å². The molecular formula is C24H28F2NO4P. The number of benzene rings is 2. The van der Waals surface area contributed by atoms with E-state index in [-0.39, 0.29) is 23.5 Å². The summed E-state index contributed by atoms with van der Waals surface area (Å²) in [5.74, 6) is -0.633. The maximum Gasteiger partial charge on any atom is 0.303 e. The van der Waals surface area contributed by atoms with Crippen molar-refractivity contribution in [3.63, 3.8) is 0 Å². The molecule has 2 aromatic rings. The number of hydrogen-bond donors (Lipinski definition) is 1. The smallest absolute Gasteiger partial charge is 0.303 e. The van der Waals surface area contributed by atoms with Crippen molar-refractivity contribution in [3.05, 3.63) is 47.0 Å². The van der Waals surface area contributed by atoms with Crippen molar-refractivity contribution >= 4 is 26.8 Å². The Balaban J connectivity index is 2.14. The van der Waals surface area contributed by atoms with E-state index in [0.717, 1.165) is 27.9 Å². The summed E-state index contributed by atoms with van der Waals surface area (Å²) in [4.78, 5) is 25.2. The van der Waals surface area contributed by atoms with Gasteiger partial charge < -0.3 is 14.7 Å². The van der Waals surface area contributed by atoms with E-state index in [0.29, 0.717) is 18.4 Å². The number of anilines is 1. The fraction of sp³-hybridized carbons (Fsp3) is 0.417. The monoisotopic (exact) mass is 463 g/mol. The molecule has 0 saturated heterocycles. The van der Waals surface area contributed by atoms with Gasteiger partial charge in [0, 0.05) is 36.6 Å². The van der Waals surface area contributed by atoms with Gasteiger partial charge >= 0.3 is 5.97 Å². The molecule has 0 aliphatic carbocycles. The molecule has 0 radical (unpaired) electrons. The van der Waals surface area contributed by atoms with E-state index >= 15 is 0 Å². The van der Waals surface area contributed by atoms with Crippen LogP contribution in [0.3, 0.4) is 0 Å². The molecule has 0 saturated carbocycles. The third-order valence-corrected chi connectivity index (χ3v) is 5.95. The van der Waals surface area contributed by atoms with Crippen molar-refractivity contribution < 1.29 is 28.2 Å². The minimum absolute atomic E-state index is 0.00614. The molecule has 1 N–H and O–H groups in total. The molecule has 3 rings (SSSR count). The number of carbonyl (C=O) groups excluding carboxylic acids is 1. The SMILES string of the molecule is Cc1cc2c(cc1-c1cc(CCC(=O)O)ccc1OCC(F)(F)P)N(C)C(=O)CC2(C)C. The second-order valence-electron chi connectivity index (χ2n) is 8.97. The maximum absolute atomic E-state index is 13.4. The third-order valence-electron chi connectivity index (χ3n) is 5.78. The van der Waals surface area contributed by atoms with Gasteiger partial charge in [0.2, 0.25) is 5.91 Å². The second-order valence-corrected chi connectivity index (χ2v) is 9.82. The number of ether oxygens (including phenoxy) is 1. The molecule has 0 fully saturated rings. The van der Waals surface area contributed by atoms with E-state index in [2.05, 4.69) is 0 Å². The first-order chi connectivity index (χ1) is 14.8. The van der Waals surface area contributed by atoms with Crippen molar-refractivity contribution in [3.8, 4) is 16.9 Å². The fourth-order valence-electron chi connectivity index (χ4n) is 4.03. The Morgan fingerprint density at radius 1 is 1.25 bits per heavy atom. The summed E-state index contributed by atoms with van der Waals surface area (Å²) in [7, 11) is 3.19. The van der Waals surface area contributed by atoms with Gasteiger partial charge in [-0.1, -0.05) is 35.2 Å². The van der Waals surface area contributed by atoms with Crippen LogP contribution in [0.4, 0.5) is 14.5 Å². The Bertz CT molecular complexity index is 1060. The molecule has 0 aromatic heterocycles. The zero-order valence-electron chi connectivity index (χ0n) is 18.7. The predicted molar refractivity (Wildman–Crippen MR) is 124 cm³/mol. The van der Waals surface area contributed by atoms with Gasteiger partial charge in [-0.15, -0.1) is 0 Å². The molecule has 8 heteroatoms. The Labute approximate surface area is 189 Å². The molecule has 1 heterocycles. The van der Waals surface area contributed by atoms with Crippen molar-refractivity contribution in [2.75, 3.05) is 18.6 Å². The van der Waals surface area contributed by atoms with Crippen LogP contribution in [0, 0.1) is 6.92 Å². The number of aliphatic carboxylic acids is 1. The highest BCUT2D eigenvalue weighted by Gasteiger charge is 2.36. The summed E-state index contributed by atoms with van der Waals surface area (Å²) >= 11 is 0. The molecule has 172 valence electrons. The molecule has 5 nitrogen and oxygen atoms in total. The highest BCUT2D eigenvalue weighted by molar-refractivity contribution is 7.18. The highest BCUT2D eigenvalue weighted by Crippen LogP contribution is 2.44. The zero-order valence-corrected chi connectivity index (χ0v) is 19.8. The summed E-state index contributed by atoms with van der Waals surface area (Å²) < 4.78 is 32.3. The molecule has 1 aliphatic heterocycles. The largest absolute Gasteiger partial charge is 0.486 e. The Hall–Kier alpha value is -2.53. The highest BCUT2D eigenvalue weighted by atomic mass is 31.0. The number of hydrogen-bond acceptors (Lipinski definition) is 3. The lowest BCUT2D eigenvalue weighted by Crippen LogP contribution is -2.39. The van der Waals surface area contributed by atoms with Gasteiger partial charge in [-0.25, -0.2) is 0 Å². The van der Waals surface area contributed by atoms with Gasteiger partial charge in [0.25, 0.3) is 5.66 Å². The van der Waals surface area contributed by atoms with Crippen molar-refractivity contribution in [1.29, 1.82) is 0 Å². The Kier molecular flexibility index (Phi) is 6.62. The van der Waals surface area contributed by atoms with Crippen LogP contribution >= 0.6 is 9.24 Å². The first-order valence-electron chi connectivity index (χ1n) is 10.3. The van der Waals surface area contributed by atoms with Gasteiger partial charge in [0.05, 0.1) is 0 Å². The maximum atomic E-state index is 13.4. The Morgan fingerprint density at radius 3 is 2.56 bits per heavy atom. The van der Waals surface area contributed by atoms with E-state index in [1.54, 1.807) is 30.1 Å². The molecule has 32 heavy (non-hydrogen) atoms. The summed E-state index contributed by atoms with van der Waals surface area (Å²) in [5, 5.41) is 9.02. The van der Waals surface area contributed by atoms with Crippen LogP contribution in [0.25, 0.3) is 11.1 Å². The van der Waals surface area contributed by atoms with Gasteiger partial charge in [0.1, 0.15) is 5.75 Å². The molecule has 2 aromatic carbocycles. The van der Waals surface area contributed by atoms with Crippen LogP contribution < -0.4 is 9.64 Å². The molecule has 0 bridgehead atoms. The van der Waals surface area contributed by atoms with Crippen molar-refractivity contribution in [2.45, 2.75) is 51.1 Å². The predicted octanol–water partition coefficient (Wildman–Crippen LogP) is 5.17. The summed E-state index contributed by atoms with van der Waals surface area (Å²) in [6, 6.07) is 9.00. The Morgan fingerprint density at radius 2 is 1.94 bits per heavy atom. The summed E-state index contributed by atoms with van der Waals surface area (Å²) in [5.41, 5.74) is 1.42. The van der Waals surface area contributed by atoms with E-state index in [1.165, 1.54) is 9.24 Å². The van der Waals surface area contributed by atoms with Crippen LogP contribution in [0.2, 0.25) is 0 Å². The topological polar surface area (TPSA) is 66.8 Å². The number of carboxylic acid groups (broad SMARTS) is 1. The minimum Gasteiger partial charge on any atom is -0.486 e. The lowest BCUT2D eigenvalue weighted by atomic mass is 9.76. The molecule has 1 amide bonds. The average Bonchev–Trinajstić information content (AvgIpc) is 2.68. The number of aryl methyl sites for hydroxylation is 2. The first-order valence-corrected chi connectivity index (χ1v) is 10.9. The molecule has 1 aliphatic rings. The van der Waals surface area contributed by atoms with Gasteiger partial charge in [-0.2, -0.15) is 8.78 Å². The number of halogens is 2. The number of fused-ring (bicyclic) bond motifs is 1. The number of carboxylic acids is 1. The zero-order chi connectivity index (χ0) is 23.8. The second kappa shape index (κ2) is 8.78. The third kappa shape index (κ3) is 5.26. The minimum atomic E-state index is -3.08. The van der Waals surface area contributed by atoms with Crippen molar-refractivity contribution in [2.24, 2.45) is 0 Å². The molecule has 1 atom stereocenters. The van der Waals surface area contributed by atoms with Crippen LogP contribution in [0.15, 0.2) is 30.3 Å². The lowest BCUT2D eigenvalue weighted by Gasteiger charge is -2.37. The van der Waals surface area contributed by atoms with Crippen molar-refractivity contribution in [1.82, 2.24) is 0 Å². The number of carbonyl (C=O) groups is 2. The molecule has 0 spiro atoms. The standard InChI is InChI=1S/C24H28F2NO4P/c1-14-9-18-19(27(4)21(28)12-23(18,2)3)11-16(14)17-10-15(6-8-22(29)30)5-7-20(17)31-13-24(25,26)32/h5,7,9-11H,6,8,12-13,32H2,1-4H3,(H,29,30). The quantitative estimate of drug-likeness (QED) is 0.576. The van der Waals surface area contributed by atoms with Crippen LogP contribution in [-0.4, -0.2) is 36.3 Å².